The largest absolute Gasteiger partial charge is 0.389 e. The second kappa shape index (κ2) is 10.7. The number of nitrogens with zero attached hydrogens (tertiary/aromatic N) is 3. The highest BCUT2D eigenvalue weighted by atomic mass is 35.5. The first-order chi connectivity index (χ1) is 14.0. The van der Waals surface area contributed by atoms with Crippen molar-refractivity contribution in [1.29, 1.82) is 0 Å². The Hall–Kier alpha value is -1.97. The van der Waals surface area contributed by atoms with E-state index in [2.05, 4.69) is 20.3 Å². The summed E-state index contributed by atoms with van der Waals surface area (Å²) in [5, 5.41) is 17.4. The van der Waals surface area contributed by atoms with Crippen LogP contribution in [0.4, 0.5) is 5.82 Å². The van der Waals surface area contributed by atoms with E-state index < -0.39 is 6.10 Å². The van der Waals surface area contributed by atoms with E-state index in [1.807, 2.05) is 24.3 Å². The van der Waals surface area contributed by atoms with Gasteiger partial charge in [-0.25, -0.2) is 0 Å². The Morgan fingerprint density at radius 3 is 2.72 bits per heavy atom. The molecule has 9 heteroatoms. The van der Waals surface area contributed by atoms with Crippen molar-refractivity contribution < 1.29 is 19.2 Å². The number of aliphatic hydroxyl groups is 1. The van der Waals surface area contributed by atoms with Gasteiger partial charge in [-0.3, -0.25) is 14.6 Å². The molecule has 1 atom stereocenters. The maximum absolute atomic E-state index is 12.1. The minimum absolute atomic E-state index is 0.111. The topological polar surface area (TPSA) is 91.1 Å². The zero-order chi connectivity index (χ0) is 20.6. The van der Waals surface area contributed by atoms with Gasteiger partial charge in [-0.1, -0.05) is 35.0 Å². The third kappa shape index (κ3) is 7.09. The Balaban J connectivity index is 1.30. The van der Waals surface area contributed by atoms with E-state index in [9.17, 15) is 9.90 Å². The van der Waals surface area contributed by atoms with Crippen LogP contribution in [-0.2, 0) is 16.1 Å². The second-order valence-corrected chi connectivity index (χ2v) is 7.62. The van der Waals surface area contributed by atoms with E-state index >= 15 is 0 Å². The van der Waals surface area contributed by atoms with Gasteiger partial charge in [0.05, 0.1) is 25.9 Å². The maximum atomic E-state index is 12.1. The van der Waals surface area contributed by atoms with Crippen molar-refractivity contribution in [3.05, 3.63) is 46.7 Å². The van der Waals surface area contributed by atoms with Crippen LogP contribution in [-0.4, -0.2) is 77.9 Å². The predicted octanol–water partition coefficient (Wildman–Crippen LogP) is 1.77. The number of anilines is 1. The van der Waals surface area contributed by atoms with E-state index in [1.54, 1.807) is 13.0 Å². The summed E-state index contributed by atoms with van der Waals surface area (Å²) in [7, 11) is 0. The lowest BCUT2D eigenvalue weighted by molar-refractivity contribution is -0.117. The average Bonchev–Trinajstić information content (AvgIpc) is 3.09. The fourth-order valence-electron chi connectivity index (χ4n) is 3.21. The fraction of sp³-hybridized carbons (Fsp3) is 0.500. The highest BCUT2D eigenvalue weighted by molar-refractivity contribution is 6.31. The number of nitrogens with one attached hydrogen (secondary N) is 1. The summed E-state index contributed by atoms with van der Waals surface area (Å²) in [6.45, 7) is 6.37. The molecule has 1 unspecified atom stereocenters. The molecule has 1 aromatic carbocycles. The zero-order valence-electron chi connectivity index (χ0n) is 16.5. The van der Waals surface area contributed by atoms with Gasteiger partial charge in [0, 0.05) is 43.8 Å². The van der Waals surface area contributed by atoms with Crippen LogP contribution in [0.1, 0.15) is 11.3 Å². The van der Waals surface area contributed by atoms with E-state index in [1.165, 1.54) is 0 Å². The summed E-state index contributed by atoms with van der Waals surface area (Å²) in [6, 6.07) is 9.20. The number of carbonyl (C=O) groups excluding carboxylic acids is 1. The van der Waals surface area contributed by atoms with Crippen LogP contribution >= 0.6 is 11.6 Å². The summed E-state index contributed by atoms with van der Waals surface area (Å²) in [5.74, 6) is 0.981. The first-order valence-corrected chi connectivity index (χ1v) is 10.0. The molecule has 0 spiro atoms. The molecular weight excluding hydrogens is 396 g/mol. The monoisotopic (exact) mass is 422 g/mol. The van der Waals surface area contributed by atoms with Crippen molar-refractivity contribution in [3.63, 3.8) is 0 Å². The molecule has 1 saturated heterocycles. The smallest absolute Gasteiger partial charge is 0.239 e. The maximum Gasteiger partial charge on any atom is 0.239 e. The first-order valence-electron chi connectivity index (χ1n) is 9.66. The Bertz CT molecular complexity index is 792. The van der Waals surface area contributed by atoms with Crippen molar-refractivity contribution in [1.82, 2.24) is 15.0 Å². The molecule has 1 aliphatic rings. The SMILES string of the molecule is Cc1cc(NC(=O)CN2CCN(CC(O)COCc3ccccc3Cl)CC2)no1. The molecule has 8 nitrogen and oxygen atoms in total. The number of aromatic nitrogens is 1. The first kappa shape index (κ1) is 21.7. The van der Waals surface area contributed by atoms with Gasteiger partial charge in [0.2, 0.25) is 5.91 Å². The van der Waals surface area contributed by atoms with E-state index in [-0.39, 0.29) is 12.5 Å². The third-order valence-corrected chi connectivity index (χ3v) is 5.09. The van der Waals surface area contributed by atoms with E-state index in [0.29, 0.717) is 36.3 Å². The summed E-state index contributed by atoms with van der Waals surface area (Å²) in [4.78, 5) is 16.4. The molecule has 0 aliphatic carbocycles. The molecule has 2 N–H and O–H groups in total. The van der Waals surface area contributed by atoms with Crippen LogP contribution in [0.25, 0.3) is 0 Å². The summed E-state index contributed by atoms with van der Waals surface area (Å²) < 4.78 is 10.5. The third-order valence-electron chi connectivity index (χ3n) is 4.72. The van der Waals surface area contributed by atoms with Gasteiger partial charge in [-0.05, 0) is 18.6 Å². The van der Waals surface area contributed by atoms with Crippen LogP contribution in [0.15, 0.2) is 34.9 Å². The fourth-order valence-corrected chi connectivity index (χ4v) is 3.40. The number of hydrogen-bond acceptors (Lipinski definition) is 7. The van der Waals surface area contributed by atoms with Crippen molar-refractivity contribution in [2.24, 2.45) is 0 Å². The van der Waals surface area contributed by atoms with Crippen molar-refractivity contribution in [2.75, 3.05) is 51.2 Å². The highest BCUT2D eigenvalue weighted by Gasteiger charge is 2.21. The number of hydrogen-bond donors (Lipinski definition) is 2. The molecule has 2 aromatic rings. The summed E-state index contributed by atoms with van der Waals surface area (Å²) in [5.41, 5.74) is 0.911. The number of aryl methyl sites for hydroxylation is 1. The average molecular weight is 423 g/mol. The molecule has 3 rings (SSSR count). The molecule has 0 saturated carbocycles. The van der Waals surface area contributed by atoms with Gasteiger partial charge in [-0.15, -0.1) is 0 Å². The zero-order valence-corrected chi connectivity index (χ0v) is 17.3. The number of amides is 1. The molecule has 1 aromatic heterocycles. The molecule has 158 valence electrons. The predicted molar refractivity (Wildman–Crippen MR) is 110 cm³/mol. The number of ether oxygens (including phenoxy) is 1. The quantitative estimate of drug-likeness (QED) is 0.636. The Morgan fingerprint density at radius 1 is 1.31 bits per heavy atom. The number of piperazine rings is 1. The van der Waals surface area contributed by atoms with Gasteiger partial charge in [0.1, 0.15) is 5.76 Å². The number of rotatable bonds is 9. The number of halogens is 1. The van der Waals surface area contributed by atoms with Crippen LogP contribution in [0.2, 0.25) is 5.02 Å². The van der Waals surface area contributed by atoms with E-state index in [0.717, 1.165) is 31.7 Å². The second-order valence-electron chi connectivity index (χ2n) is 7.21. The van der Waals surface area contributed by atoms with Gasteiger partial charge >= 0.3 is 0 Å². The summed E-state index contributed by atoms with van der Waals surface area (Å²) in [6.07, 6.45) is -0.567. The van der Waals surface area contributed by atoms with Crippen molar-refractivity contribution >= 4 is 23.3 Å². The molecule has 1 aliphatic heterocycles. The minimum atomic E-state index is -0.567. The van der Waals surface area contributed by atoms with E-state index in [4.69, 9.17) is 20.9 Å². The molecular formula is C20H27ClN4O4. The molecule has 1 amide bonds. The van der Waals surface area contributed by atoms with Gasteiger partial charge in [0.15, 0.2) is 5.82 Å². The Kier molecular flexibility index (Phi) is 8.02. The van der Waals surface area contributed by atoms with Crippen LogP contribution in [0.3, 0.4) is 0 Å². The molecule has 1 fully saturated rings. The number of aliphatic hydroxyl groups excluding tert-OH is 1. The molecule has 0 radical (unpaired) electrons. The Morgan fingerprint density at radius 2 is 2.03 bits per heavy atom. The standard InChI is InChI=1S/C20H27ClN4O4/c1-15-10-19(23-29-15)22-20(27)12-25-8-6-24(7-9-25)11-17(26)14-28-13-16-4-2-3-5-18(16)21/h2-5,10,17,26H,6-9,11-14H2,1H3,(H,22,23,27). The lowest BCUT2D eigenvalue weighted by Gasteiger charge is -2.35. The van der Waals surface area contributed by atoms with Crippen LogP contribution in [0, 0.1) is 6.92 Å². The minimum Gasteiger partial charge on any atom is -0.389 e. The number of benzene rings is 1. The Labute approximate surface area is 175 Å². The van der Waals surface area contributed by atoms with Gasteiger partial charge < -0.3 is 19.7 Å². The normalized spacial score (nSPS) is 16.7. The summed E-state index contributed by atoms with van der Waals surface area (Å²) >= 11 is 6.10. The van der Waals surface area contributed by atoms with Crippen molar-refractivity contribution in [2.45, 2.75) is 19.6 Å². The number of β-amino-alcohol motifs (C(OH)–C–C–N with tert-alkyl or cyclic N) is 1. The highest BCUT2D eigenvalue weighted by Crippen LogP contribution is 2.16. The van der Waals surface area contributed by atoms with Crippen LogP contribution in [0.5, 0.6) is 0 Å². The lowest BCUT2D eigenvalue weighted by atomic mass is 10.2. The van der Waals surface area contributed by atoms with Crippen molar-refractivity contribution in [3.8, 4) is 0 Å². The van der Waals surface area contributed by atoms with Gasteiger partial charge in [-0.2, -0.15) is 0 Å². The molecule has 2 heterocycles. The van der Waals surface area contributed by atoms with Gasteiger partial charge in [0.25, 0.3) is 0 Å². The molecule has 29 heavy (non-hydrogen) atoms. The van der Waals surface area contributed by atoms with Crippen LogP contribution < -0.4 is 5.32 Å². The number of carbonyl (C=O) groups is 1. The molecule has 0 bridgehead atoms. The lowest BCUT2D eigenvalue weighted by Crippen LogP contribution is -2.50.